The number of fused-ring (bicyclic) bond motifs is 2. The Morgan fingerprint density at radius 2 is 1.96 bits per heavy atom. The van der Waals surface area contributed by atoms with Crippen LogP contribution in [0, 0.1) is 5.41 Å². The van der Waals surface area contributed by atoms with Crippen LogP contribution in [0.15, 0.2) is 0 Å². The van der Waals surface area contributed by atoms with Crippen molar-refractivity contribution in [2.45, 2.75) is 51.8 Å². The smallest absolute Gasteiger partial charge is 0.421 e. The standard InChI is InChI=1S/C13H21N3O8S/c1-7(13(2,3)11(18)19)23-25(21,22)24-16-8-4-5-9(10(14)17)15(6-8)12(16)20/h7-9H,4-6H2,1-3H3,(H2,14,17)(H,18,19)/t7?,8-,9+/m1/s1. The fraction of sp³-hybridized carbons (Fsp3) is 0.769. The van der Waals surface area contributed by atoms with Gasteiger partial charge in [-0.2, -0.15) is 13.5 Å². The van der Waals surface area contributed by atoms with Gasteiger partial charge < -0.3 is 15.7 Å². The summed E-state index contributed by atoms with van der Waals surface area (Å²) in [6.07, 6.45) is -0.609. The highest BCUT2D eigenvalue weighted by Crippen LogP contribution is 2.32. The molecule has 2 fully saturated rings. The topological polar surface area (TPSA) is 157 Å². The van der Waals surface area contributed by atoms with Crippen LogP contribution in [0.4, 0.5) is 4.79 Å². The highest BCUT2D eigenvalue weighted by molar-refractivity contribution is 7.81. The molecule has 2 bridgehead atoms. The maximum absolute atomic E-state index is 12.3. The largest absolute Gasteiger partial charge is 0.481 e. The number of hydrogen-bond acceptors (Lipinski definition) is 7. The Balaban J connectivity index is 2.10. The molecule has 0 aromatic carbocycles. The molecule has 12 heteroatoms. The van der Waals surface area contributed by atoms with Crippen molar-refractivity contribution in [3.63, 3.8) is 0 Å². The molecule has 142 valence electrons. The molecule has 0 saturated carbocycles. The average Bonchev–Trinajstić information content (AvgIpc) is 2.71. The van der Waals surface area contributed by atoms with E-state index in [1.165, 1.54) is 20.8 Å². The van der Waals surface area contributed by atoms with E-state index in [1.807, 2.05) is 0 Å². The summed E-state index contributed by atoms with van der Waals surface area (Å²) in [4.78, 5) is 36.0. The second-order valence-corrected chi connectivity index (χ2v) is 7.82. The predicted octanol–water partition coefficient (Wildman–Crippen LogP) is -0.567. The summed E-state index contributed by atoms with van der Waals surface area (Å²) in [6.45, 7) is 3.98. The molecule has 2 aliphatic rings. The van der Waals surface area contributed by atoms with Crippen molar-refractivity contribution in [2.75, 3.05) is 6.54 Å². The van der Waals surface area contributed by atoms with E-state index in [-0.39, 0.29) is 6.54 Å². The normalized spacial score (nSPS) is 25.2. The van der Waals surface area contributed by atoms with Crippen LogP contribution >= 0.6 is 0 Å². The van der Waals surface area contributed by atoms with Gasteiger partial charge >= 0.3 is 22.4 Å². The van der Waals surface area contributed by atoms with Crippen molar-refractivity contribution in [1.29, 1.82) is 0 Å². The first-order valence-corrected chi connectivity index (χ1v) is 8.95. The van der Waals surface area contributed by atoms with E-state index in [4.69, 9.17) is 19.3 Å². The molecule has 25 heavy (non-hydrogen) atoms. The molecule has 3 amide bonds. The zero-order valence-corrected chi connectivity index (χ0v) is 14.9. The molecule has 0 aliphatic carbocycles. The van der Waals surface area contributed by atoms with Crippen LogP contribution in [0.5, 0.6) is 0 Å². The molecule has 0 aromatic heterocycles. The van der Waals surface area contributed by atoms with Gasteiger partial charge in [-0.25, -0.2) is 8.98 Å². The summed E-state index contributed by atoms with van der Waals surface area (Å²) >= 11 is 0. The number of hydroxylamine groups is 2. The fourth-order valence-corrected chi connectivity index (χ4v) is 3.62. The monoisotopic (exact) mass is 379 g/mol. The van der Waals surface area contributed by atoms with Crippen molar-refractivity contribution in [3.8, 4) is 0 Å². The second kappa shape index (κ2) is 6.42. The Hall–Kier alpha value is -1.92. The van der Waals surface area contributed by atoms with Gasteiger partial charge in [-0.1, -0.05) is 0 Å². The molecule has 1 unspecified atom stereocenters. The van der Waals surface area contributed by atoms with Gasteiger partial charge in [0.05, 0.1) is 17.6 Å². The number of hydrogen-bond donors (Lipinski definition) is 2. The predicted molar refractivity (Wildman–Crippen MR) is 81.9 cm³/mol. The minimum Gasteiger partial charge on any atom is -0.481 e. The van der Waals surface area contributed by atoms with Gasteiger partial charge in [0.15, 0.2) is 0 Å². The van der Waals surface area contributed by atoms with E-state index in [9.17, 15) is 22.8 Å². The van der Waals surface area contributed by atoms with Crippen LogP contribution < -0.4 is 5.73 Å². The zero-order valence-electron chi connectivity index (χ0n) is 14.0. The minimum absolute atomic E-state index is 0.109. The third-order valence-electron chi connectivity index (χ3n) is 4.65. The summed E-state index contributed by atoms with van der Waals surface area (Å²) in [5.41, 5.74) is 3.74. The van der Waals surface area contributed by atoms with Crippen molar-refractivity contribution >= 4 is 28.3 Å². The number of carboxylic acid groups (broad SMARTS) is 1. The number of piperidine rings is 1. The molecule has 3 atom stereocenters. The molecular weight excluding hydrogens is 358 g/mol. The molecule has 0 aromatic rings. The first-order valence-electron chi connectivity index (χ1n) is 7.62. The summed E-state index contributed by atoms with van der Waals surface area (Å²) in [5.74, 6) is -1.93. The van der Waals surface area contributed by atoms with Crippen molar-refractivity contribution < 1.29 is 36.4 Å². The van der Waals surface area contributed by atoms with Crippen molar-refractivity contribution in [3.05, 3.63) is 0 Å². The number of nitrogens with two attached hydrogens (primary N) is 1. The highest BCUT2D eigenvalue weighted by Gasteiger charge is 2.49. The first kappa shape index (κ1) is 19.4. The van der Waals surface area contributed by atoms with Gasteiger partial charge in [0.1, 0.15) is 6.04 Å². The Kier molecular flexibility index (Phi) is 4.99. The minimum atomic E-state index is -4.69. The number of carbonyl (C=O) groups excluding carboxylic acids is 2. The van der Waals surface area contributed by atoms with Gasteiger partial charge in [0.2, 0.25) is 5.91 Å². The summed E-state index contributed by atoms with van der Waals surface area (Å²) in [5, 5.41) is 9.75. The third kappa shape index (κ3) is 3.70. The highest BCUT2D eigenvalue weighted by atomic mass is 32.3. The van der Waals surface area contributed by atoms with Crippen LogP contribution in [0.2, 0.25) is 0 Å². The van der Waals surface area contributed by atoms with Crippen LogP contribution in [-0.2, 0) is 28.5 Å². The number of carbonyl (C=O) groups is 3. The lowest BCUT2D eigenvalue weighted by Crippen LogP contribution is -2.47. The molecule has 2 saturated heterocycles. The van der Waals surface area contributed by atoms with E-state index >= 15 is 0 Å². The summed E-state index contributed by atoms with van der Waals surface area (Å²) < 4.78 is 33.7. The quantitative estimate of drug-likeness (QED) is 0.595. The molecule has 0 spiro atoms. The van der Waals surface area contributed by atoms with Crippen LogP contribution in [0.25, 0.3) is 0 Å². The lowest BCUT2D eigenvalue weighted by atomic mass is 9.88. The average molecular weight is 379 g/mol. The number of urea groups is 1. The van der Waals surface area contributed by atoms with Gasteiger partial charge in [-0.15, -0.1) is 4.28 Å². The van der Waals surface area contributed by atoms with E-state index < -0.39 is 51.9 Å². The van der Waals surface area contributed by atoms with Crippen LogP contribution in [0.1, 0.15) is 33.6 Å². The second-order valence-electron chi connectivity index (χ2n) is 6.66. The van der Waals surface area contributed by atoms with Gasteiger partial charge in [-0.3, -0.25) is 9.59 Å². The van der Waals surface area contributed by atoms with Gasteiger partial charge in [0, 0.05) is 6.54 Å². The number of carboxylic acids is 1. The van der Waals surface area contributed by atoms with E-state index in [1.54, 1.807) is 0 Å². The van der Waals surface area contributed by atoms with Crippen molar-refractivity contribution in [1.82, 2.24) is 9.96 Å². The molecule has 2 heterocycles. The lowest BCUT2D eigenvalue weighted by molar-refractivity contribution is -0.152. The molecule has 3 N–H and O–H groups in total. The van der Waals surface area contributed by atoms with Gasteiger partial charge in [-0.05, 0) is 33.6 Å². The number of aliphatic carboxylic acids is 1. The summed E-state index contributed by atoms with van der Waals surface area (Å²) in [6, 6.07) is -2.18. The maximum atomic E-state index is 12.3. The fourth-order valence-electron chi connectivity index (χ4n) is 2.61. The Labute approximate surface area is 144 Å². The lowest BCUT2D eigenvalue weighted by Gasteiger charge is -2.28. The van der Waals surface area contributed by atoms with Crippen molar-refractivity contribution in [2.24, 2.45) is 11.1 Å². The molecule has 2 rings (SSSR count). The first-order chi connectivity index (χ1) is 11.4. The zero-order chi connectivity index (χ0) is 19.2. The van der Waals surface area contributed by atoms with Gasteiger partial charge in [0.25, 0.3) is 0 Å². The summed E-state index contributed by atoms with van der Waals surface area (Å²) in [7, 11) is -4.69. The molecular formula is C13H21N3O8S. The molecule has 0 radical (unpaired) electrons. The van der Waals surface area contributed by atoms with E-state index in [0.717, 1.165) is 4.90 Å². The number of amides is 3. The Morgan fingerprint density at radius 3 is 2.48 bits per heavy atom. The van der Waals surface area contributed by atoms with E-state index in [0.29, 0.717) is 17.9 Å². The molecule has 11 nitrogen and oxygen atoms in total. The molecule has 2 aliphatic heterocycles. The SMILES string of the molecule is CC(OS(=O)(=O)ON1C(=O)N2C[C@H]1CC[C@H]2C(N)=O)C(C)(C)C(=O)O. The third-order valence-corrected chi connectivity index (χ3v) is 5.52. The number of primary amides is 1. The number of rotatable bonds is 7. The number of nitrogens with zero attached hydrogens (tertiary/aromatic N) is 2. The Morgan fingerprint density at radius 1 is 1.36 bits per heavy atom. The van der Waals surface area contributed by atoms with E-state index in [2.05, 4.69) is 0 Å². The van der Waals surface area contributed by atoms with Crippen LogP contribution in [0.3, 0.4) is 0 Å². The van der Waals surface area contributed by atoms with Crippen LogP contribution in [-0.4, -0.2) is 66.1 Å². The maximum Gasteiger partial charge on any atom is 0.421 e. The Bertz CT molecular complexity index is 691.